The van der Waals surface area contributed by atoms with Gasteiger partial charge in [-0.3, -0.25) is 0 Å². The van der Waals surface area contributed by atoms with Gasteiger partial charge in [0.15, 0.2) is 23.4 Å². The van der Waals surface area contributed by atoms with Gasteiger partial charge in [0.1, 0.15) is 29.2 Å². The molecule has 0 spiro atoms. The van der Waals surface area contributed by atoms with E-state index in [0.29, 0.717) is 0 Å². The van der Waals surface area contributed by atoms with Crippen molar-refractivity contribution in [2.45, 2.75) is 18.6 Å². The van der Waals surface area contributed by atoms with Gasteiger partial charge in [-0.25, -0.2) is 9.18 Å². The third-order valence-corrected chi connectivity index (χ3v) is 4.94. The number of halogens is 1. The molecule has 2 atom stereocenters. The number of esters is 1. The summed E-state index contributed by atoms with van der Waals surface area (Å²) in [6.45, 7) is 0. The van der Waals surface area contributed by atoms with Crippen molar-refractivity contribution in [2.24, 2.45) is 0 Å². The number of fused-ring (bicyclic) bond motifs is 1. The molecular formula is C22H17FO8. The topological polar surface area (TPSA) is 137 Å². The molecule has 0 radical (unpaired) electrons. The van der Waals surface area contributed by atoms with E-state index in [1.807, 2.05) is 0 Å². The molecule has 0 saturated heterocycles. The molecule has 160 valence electrons. The van der Waals surface area contributed by atoms with Gasteiger partial charge in [-0.15, -0.1) is 0 Å². The molecule has 1 aliphatic heterocycles. The van der Waals surface area contributed by atoms with Crippen LogP contribution in [0.1, 0.15) is 27.6 Å². The molecule has 0 fully saturated rings. The van der Waals surface area contributed by atoms with Gasteiger partial charge in [-0.2, -0.15) is 0 Å². The molecule has 0 saturated carbocycles. The first-order valence-corrected chi connectivity index (χ1v) is 9.16. The fraction of sp³-hybridized carbons (Fsp3) is 0.136. The summed E-state index contributed by atoms with van der Waals surface area (Å²) >= 11 is 0. The van der Waals surface area contributed by atoms with Gasteiger partial charge in [-0.05, 0) is 24.3 Å². The smallest absolute Gasteiger partial charge is 0.341 e. The highest BCUT2D eigenvalue weighted by atomic mass is 19.1. The summed E-state index contributed by atoms with van der Waals surface area (Å²) in [7, 11) is 0. The SMILES string of the molecule is O=C(O[C@@H]1Cc2c(O)cc(O)cc2O[C@@H]1c1cc(O)c(O)c(O)c1)c1ccccc1F. The number of phenolic OH excluding ortho intramolecular Hbond substituents is 5. The van der Waals surface area contributed by atoms with Gasteiger partial charge in [0.2, 0.25) is 0 Å². The zero-order valence-electron chi connectivity index (χ0n) is 15.8. The van der Waals surface area contributed by atoms with E-state index < -0.39 is 41.2 Å². The molecule has 31 heavy (non-hydrogen) atoms. The number of rotatable bonds is 3. The quantitative estimate of drug-likeness (QED) is 0.317. The number of benzene rings is 3. The fourth-order valence-corrected chi connectivity index (χ4v) is 3.45. The molecule has 0 aliphatic carbocycles. The Labute approximate surface area is 175 Å². The van der Waals surface area contributed by atoms with Crippen molar-refractivity contribution in [1.29, 1.82) is 0 Å². The first-order valence-electron chi connectivity index (χ1n) is 9.16. The van der Waals surface area contributed by atoms with E-state index in [9.17, 15) is 34.7 Å². The maximum Gasteiger partial charge on any atom is 0.341 e. The van der Waals surface area contributed by atoms with Crippen molar-refractivity contribution in [3.05, 3.63) is 71.0 Å². The Morgan fingerprint density at radius 3 is 2.32 bits per heavy atom. The zero-order valence-corrected chi connectivity index (χ0v) is 15.8. The van der Waals surface area contributed by atoms with Crippen LogP contribution in [0.15, 0.2) is 48.5 Å². The Bertz CT molecular complexity index is 1150. The number of carbonyl (C=O) groups is 1. The lowest BCUT2D eigenvalue weighted by Gasteiger charge is -2.34. The molecule has 3 aromatic carbocycles. The number of phenols is 5. The molecule has 0 aromatic heterocycles. The molecule has 3 aromatic rings. The van der Waals surface area contributed by atoms with Crippen molar-refractivity contribution in [1.82, 2.24) is 0 Å². The van der Waals surface area contributed by atoms with Crippen LogP contribution in [0.25, 0.3) is 0 Å². The molecule has 0 unspecified atom stereocenters. The summed E-state index contributed by atoms with van der Waals surface area (Å²) in [5.41, 5.74) is 0.0681. The summed E-state index contributed by atoms with van der Waals surface area (Å²) in [4.78, 5) is 12.6. The Hall–Kier alpha value is -4.14. The minimum atomic E-state index is -1.12. The molecular weight excluding hydrogens is 411 g/mol. The second-order valence-corrected chi connectivity index (χ2v) is 7.02. The van der Waals surface area contributed by atoms with E-state index in [1.165, 1.54) is 24.3 Å². The monoisotopic (exact) mass is 428 g/mol. The van der Waals surface area contributed by atoms with Crippen molar-refractivity contribution < 1.29 is 44.2 Å². The lowest BCUT2D eigenvalue weighted by Crippen LogP contribution is -2.35. The first-order chi connectivity index (χ1) is 14.7. The minimum absolute atomic E-state index is 0.0747. The maximum atomic E-state index is 14.0. The molecule has 0 bridgehead atoms. The molecule has 9 heteroatoms. The van der Waals surface area contributed by atoms with Crippen molar-refractivity contribution in [3.63, 3.8) is 0 Å². The highest BCUT2D eigenvalue weighted by Gasteiger charge is 2.37. The van der Waals surface area contributed by atoms with Gasteiger partial charge in [0, 0.05) is 29.7 Å². The van der Waals surface area contributed by atoms with Gasteiger partial charge in [-0.1, -0.05) is 12.1 Å². The summed E-state index contributed by atoms with van der Waals surface area (Å²) in [5, 5.41) is 49.3. The van der Waals surface area contributed by atoms with Crippen LogP contribution in [0.2, 0.25) is 0 Å². The van der Waals surface area contributed by atoms with Crippen LogP contribution in [0.3, 0.4) is 0 Å². The van der Waals surface area contributed by atoms with Crippen LogP contribution in [-0.4, -0.2) is 37.6 Å². The normalized spacial score (nSPS) is 17.5. The van der Waals surface area contributed by atoms with E-state index in [1.54, 1.807) is 0 Å². The van der Waals surface area contributed by atoms with Gasteiger partial charge in [0.25, 0.3) is 0 Å². The number of hydrogen-bond donors (Lipinski definition) is 5. The highest BCUT2D eigenvalue weighted by Crippen LogP contribution is 2.45. The van der Waals surface area contributed by atoms with Crippen LogP contribution in [-0.2, 0) is 11.2 Å². The fourth-order valence-electron chi connectivity index (χ4n) is 3.45. The third-order valence-electron chi connectivity index (χ3n) is 4.94. The standard InChI is InChI=1S/C22H17FO8/c23-14-4-2-1-3-12(14)22(29)31-19-9-13-15(25)7-11(24)8-18(13)30-21(19)10-5-16(26)20(28)17(27)6-10/h1-8,19,21,24-28H,9H2/t19-,21-/m1/s1. The van der Waals surface area contributed by atoms with Crippen LogP contribution in [0.4, 0.5) is 4.39 Å². The van der Waals surface area contributed by atoms with E-state index in [2.05, 4.69) is 0 Å². The minimum Gasteiger partial charge on any atom is -0.508 e. The first kappa shape index (κ1) is 20.1. The van der Waals surface area contributed by atoms with E-state index in [-0.39, 0.29) is 40.4 Å². The van der Waals surface area contributed by atoms with Gasteiger partial charge in [0.05, 0.1) is 5.56 Å². The summed E-state index contributed by atoms with van der Waals surface area (Å²) in [6, 6.07) is 9.79. The van der Waals surface area contributed by atoms with Gasteiger partial charge < -0.3 is 35.0 Å². The van der Waals surface area contributed by atoms with Crippen LogP contribution in [0, 0.1) is 5.82 Å². The lowest BCUT2D eigenvalue weighted by molar-refractivity contribution is -0.0192. The Kier molecular flexibility index (Phi) is 4.94. The number of hydrogen-bond acceptors (Lipinski definition) is 8. The van der Waals surface area contributed by atoms with Crippen LogP contribution in [0.5, 0.6) is 34.5 Å². The molecule has 1 heterocycles. The van der Waals surface area contributed by atoms with Crippen LogP contribution < -0.4 is 4.74 Å². The number of carbonyl (C=O) groups excluding carboxylic acids is 1. The molecule has 5 N–H and O–H groups in total. The van der Waals surface area contributed by atoms with Crippen LogP contribution >= 0.6 is 0 Å². The number of ether oxygens (including phenoxy) is 2. The molecule has 0 amide bonds. The Morgan fingerprint density at radius 1 is 0.968 bits per heavy atom. The zero-order chi connectivity index (χ0) is 22.3. The van der Waals surface area contributed by atoms with Crippen molar-refractivity contribution in [2.75, 3.05) is 0 Å². The lowest BCUT2D eigenvalue weighted by atomic mass is 9.93. The summed E-state index contributed by atoms with van der Waals surface area (Å²) in [5.74, 6) is -4.25. The average Bonchev–Trinajstić information content (AvgIpc) is 2.72. The van der Waals surface area contributed by atoms with E-state index >= 15 is 0 Å². The highest BCUT2D eigenvalue weighted by molar-refractivity contribution is 5.89. The second-order valence-electron chi connectivity index (χ2n) is 7.02. The predicted molar refractivity (Wildman–Crippen MR) is 104 cm³/mol. The maximum absolute atomic E-state index is 14.0. The van der Waals surface area contributed by atoms with Gasteiger partial charge >= 0.3 is 5.97 Å². The van der Waals surface area contributed by atoms with Crippen molar-refractivity contribution in [3.8, 4) is 34.5 Å². The second kappa shape index (κ2) is 7.60. The average molecular weight is 428 g/mol. The molecule has 4 rings (SSSR count). The van der Waals surface area contributed by atoms with Crippen molar-refractivity contribution >= 4 is 5.97 Å². The summed E-state index contributed by atoms with van der Waals surface area (Å²) < 4.78 is 25.3. The molecule has 8 nitrogen and oxygen atoms in total. The molecule has 1 aliphatic rings. The Balaban J connectivity index is 1.76. The van der Waals surface area contributed by atoms with E-state index in [0.717, 1.165) is 24.3 Å². The van der Waals surface area contributed by atoms with E-state index in [4.69, 9.17) is 9.47 Å². The predicted octanol–water partition coefficient (Wildman–Crippen LogP) is 3.26. The number of aromatic hydroxyl groups is 5. The largest absolute Gasteiger partial charge is 0.508 e. The third kappa shape index (κ3) is 3.73. The summed E-state index contributed by atoms with van der Waals surface area (Å²) in [6.07, 6.45) is -2.31. The Morgan fingerprint density at radius 2 is 1.65 bits per heavy atom.